The first-order chi connectivity index (χ1) is 13.4. The van der Waals surface area contributed by atoms with Gasteiger partial charge in [0.15, 0.2) is 0 Å². The standard InChI is InChI=1S/C18H19F6NO3S2/c1-10(2)25(30(27,28)15-9-11(3)29-12(15)4)14-7-5-13(6-8-14)16(26,17(19,20)21)18(22,23)24/h5-10,26H,1-4H3. The maximum Gasteiger partial charge on any atom is 0.430 e. The van der Waals surface area contributed by atoms with E-state index in [1.165, 1.54) is 31.3 Å². The van der Waals surface area contributed by atoms with Crippen LogP contribution in [0.4, 0.5) is 32.0 Å². The zero-order valence-electron chi connectivity index (χ0n) is 16.3. The summed E-state index contributed by atoms with van der Waals surface area (Å²) >= 11 is 1.24. The summed E-state index contributed by atoms with van der Waals surface area (Å²) in [5.41, 5.74) is -6.68. The van der Waals surface area contributed by atoms with Gasteiger partial charge in [-0.3, -0.25) is 4.31 Å². The minimum Gasteiger partial charge on any atom is -0.369 e. The van der Waals surface area contributed by atoms with Gasteiger partial charge in [0.1, 0.15) is 4.90 Å². The molecule has 0 aliphatic rings. The number of thiophene rings is 1. The van der Waals surface area contributed by atoms with Crippen LogP contribution in [0.15, 0.2) is 35.2 Å². The number of sulfonamides is 1. The molecule has 4 nitrogen and oxygen atoms in total. The highest BCUT2D eigenvalue weighted by Crippen LogP contribution is 2.50. The van der Waals surface area contributed by atoms with Crippen LogP contribution in [0.3, 0.4) is 0 Å². The maximum atomic E-state index is 13.1. The summed E-state index contributed by atoms with van der Waals surface area (Å²) < 4.78 is 106. The van der Waals surface area contributed by atoms with Gasteiger partial charge in [0, 0.05) is 21.4 Å². The lowest BCUT2D eigenvalue weighted by Crippen LogP contribution is -2.53. The van der Waals surface area contributed by atoms with Gasteiger partial charge in [0.2, 0.25) is 0 Å². The van der Waals surface area contributed by atoms with Crippen molar-refractivity contribution in [2.24, 2.45) is 0 Å². The number of nitrogens with zero attached hydrogens (tertiary/aromatic N) is 1. The Morgan fingerprint density at radius 1 is 0.967 bits per heavy atom. The smallest absolute Gasteiger partial charge is 0.369 e. The molecule has 0 aliphatic carbocycles. The van der Waals surface area contributed by atoms with Gasteiger partial charge in [0.25, 0.3) is 15.6 Å². The van der Waals surface area contributed by atoms with Crippen molar-refractivity contribution in [2.75, 3.05) is 4.31 Å². The van der Waals surface area contributed by atoms with Gasteiger partial charge in [-0.2, -0.15) is 26.3 Å². The average Bonchev–Trinajstić information content (AvgIpc) is 2.91. The molecular formula is C18H19F6NO3S2. The first-order valence-electron chi connectivity index (χ1n) is 8.52. The molecule has 168 valence electrons. The summed E-state index contributed by atoms with van der Waals surface area (Å²) in [6.07, 6.45) is -12.1. The maximum absolute atomic E-state index is 13.1. The topological polar surface area (TPSA) is 57.6 Å². The third-order valence-electron chi connectivity index (χ3n) is 4.36. The molecule has 1 aromatic heterocycles. The van der Waals surface area contributed by atoms with Crippen LogP contribution < -0.4 is 4.31 Å². The predicted molar refractivity (Wildman–Crippen MR) is 101 cm³/mol. The number of halogens is 6. The van der Waals surface area contributed by atoms with Crippen molar-refractivity contribution in [3.8, 4) is 0 Å². The zero-order chi connectivity index (χ0) is 23.3. The first kappa shape index (κ1) is 24.5. The van der Waals surface area contributed by atoms with Gasteiger partial charge in [-0.25, -0.2) is 8.42 Å². The van der Waals surface area contributed by atoms with Crippen LogP contribution >= 0.6 is 11.3 Å². The van der Waals surface area contributed by atoms with Crippen molar-refractivity contribution >= 4 is 27.0 Å². The molecule has 12 heteroatoms. The van der Waals surface area contributed by atoms with E-state index in [-0.39, 0.29) is 10.6 Å². The summed E-state index contributed by atoms with van der Waals surface area (Å²) in [4.78, 5) is 1.23. The van der Waals surface area contributed by atoms with E-state index < -0.39 is 39.6 Å². The number of hydrogen-bond acceptors (Lipinski definition) is 4. The normalized spacial score (nSPS) is 13.7. The number of alkyl halides is 6. The zero-order valence-corrected chi connectivity index (χ0v) is 17.9. The summed E-state index contributed by atoms with van der Waals surface area (Å²) in [7, 11) is -4.13. The minimum atomic E-state index is -6.03. The van der Waals surface area contributed by atoms with E-state index in [0.717, 1.165) is 21.3 Å². The molecule has 0 unspecified atom stereocenters. The molecule has 1 N–H and O–H groups in total. The second kappa shape index (κ2) is 7.72. The quantitative estimate of drug-likeness (QED) is 0.599. The number of anilines is 1. The van der Waals surface area contributed by atoms with Gasteiger partial charge >= 0.3 is 12.4 Å². The molecule has 2 aromatic rings. The highest BCUT2D eigenvalue weighted by Gasteiger charge is 2.71. The fourth-order valence-electron chi connectivity index (χ4n) is 3.02. The van der Waals surface area contributed by atoms with E-state index >= 15 is 0 Å². The minimum absolute atomic E-state index is 0.00450. The molecule has 0 bridgehead atoms. The molecule has 30 heavy (non-hydrogen) atoms. The third-order valence-corrected chi connectivity index (χ3v) is 7.59. The largest absolute Gasteiger partial charge is 0.430 e. The van der Waals surface area contributed by atoms with Gasteiger partial charge < -0.3 is 5.11 Å². The Bertz CT molecular complexity index is 994. The number of aliphatic hydroxyl groups is 1. The molecule has 0 radical (unpaired) electrons. The Labute approximate surface area is 173 Å². The summed E-state index contributed by atoms with van der Waals surface area (Å²) in [5.74, 6) is 0. The van der Waals surface area contributed by atoms with Crippen LogP contribution in [-0.2, 0) is 15.6 Å². The third kappa shape index (κ3) is 4.04. The monoisotopic (exact) mass is 475 g/mol. The van der Waals surface area contributed by atoms with Crippen LogP contribution in [0.1, 0.15) is 29.2 Å². The van der Waals surface area contributed by atoms with E-state index in [1.807, 2.05) is 0 Å². The van der Waals surface area contributed by atoms with Gasteiger partial charge in [-0.05, 0) is 45.9 Å². The van der Waals surface area contributed by atoms with Crippen LogP contribution in [0.25, 0.3) is 0 Å². The predicted octanol–water partition coefficient (Wildman–Crippen LogP) is 5.28. The van der Waals surface area contributed by atoms with E-state index in [4.69, 9.17) is 0 Å². The average molecular weight is 475 g/mol. The molecule has 0 saturated carbocycles. The molecule has 2 rings (SSSR count). The van der Waals surface area contributed by atoms with Gasteiger partial charge in [-0.1, -0.05) is 12.1 Å². The Balaban J connectivity index is 2.60. The fourth-order valence-corrected chi connectivity index (χ4v) is 6.21. The van der Waals surface area contributed by atoms with Crippen molar-refractivity contribution in [1.82, 2.24) is 0 Å². The number of hydrogen-bond donors (Lipinski definition) is 1. The lowest BCUT2D eigenvalue weighted by molar-refractivity contribution is -0.376. The van der Waals surface area contributed by atoms with Crippen LogP contribution in [0, 0.1) is 13.8 Å². The van der Waals surface area contributed by atoms with Crippen LogP contribution in [-0.4, -0.2) is 31.9 Å². The van der Waals surface area contributed by atoms with Crippen molar-refractivity contribution in [3.63, 3.8) is 0 Å². The Kier molecular flexibility index (Phi) is 6.30. The molecule has 0 spiro atoms. The molecule has 1 aromatic carbocycles. The summed E-state index contributed by atoms with van der Waals surface area (Å²) in [6.45, 7) is 6.34. The number of rotatable bonds is 5. The Morgan fingerprint density at radius 2 is 1.43 bits per heavy atom. The lowest BCUT2D eigenvalue weighted by Gasteiger charge is -2.33. The lowest BCUT2D eigenvalue weighted by atomic mass is 9.92. The molecule has 0 amide bonds. The van der Waals surface area contributed by atoms with Crippen LogP contribution in [0.2, 0.25) is 0 Å². The second-order valence-electron chi connectivity index (χ2n) is 6.92. The molecule has 0 fully saturated rings. The van der Waals surface area contributed by atoms with Gasteiger partial charge in [0.05, 0.1) is 5.69 Å². The van der Waals surface area contributed by atoms with Crippen LogP contribution in [0.5, 0.6) is 0 Å². The van der Waals surface area contributed by atoms with Crippen molar-refractivity contribution in [1.29, 1.82) is 0 Å². The van der Waals surface area contributed by atoms with Crippen molar-refractivity contribution in [2.45, 2.75) is 56.6 Å². The number of benzene rings is 1. The number of aryl methyl sites for hydroxylation is 2. The Morgan fingerprint density at radius 3 is 1.77 bits per heavy atom. The molecule has 0 saturated heterocycles. The van der Waals surface area contributed by atoms with E-state index in [1.54, 1.807) is 13.8 Å². The van der Waals surface area contributed by atoms with E-state index in [9.17, 15) is 39.9 Å². The highest BCUT2D eigenvalue weighted by atomic mass is 32.2. The van der Waals surface area contributed by atoms with E-state index in [0.29, 0.717) is 17.0 Å². The fraction of sp³-hybridized carbons (Fsp3) is 0.444. The molecular weight excluding hydrogens is 456 g/mol. The SMILES string of the molecule is Cc1cc(S(=O)(=O)N(c2ccc(C(O)(C(F)(F)F)C(F)(F)F)cc2)C(C)C)c(C)s1. The second-order valence-corrected chi connectivity index (χ2v) is 10.2. The van der Waals surface area contributed by atoms with E-state index in [2.05, 4.69) is 0 Å². The highest BCUT2D eigenvalue weighted by molar-refractivity contribution is 7.93. The Hall–Kier alpha value is -1.79. The molecule has 0 atom stereocenters. The molecule has 1 heterocycles. The van der Waals surface area contributed by atoms with Crippen molar-refractivity contribution < 1.29 is 39.9 Å². The van der Waals surface area contributed by atoms with Gasteiger partial charge in [-0.15, -0.1) is 11.3 Å². The molecule has 0 aliphatic heterocycles. The van der Waals surface area contributed by atoms with Crippen molar-refractivity contribution in [3.05, 3.63) is 45.6 Å². The summed E-state index contributed by atoms with van der Waals surface area (Å²) in [6, 6.07) is 3.23. The summed E-state index contributed by atoms with van der Waals surface area (Å²) in [5, 5.41) is 9.49. The first-order valence-corrected chi connectivity index (χ1v) is 10.8.